The van der Waals surface area contributed by atoms with Gasteiger partial charge in [0.25, 0.3) is 0 Å². The summed E-state index contributed by atoms with van der Waals surface area (Å²) < 4.78 is 0. The summed E-state index contributed by atoms with van der Waals surface area (Å²) in [6.45, 7) is 0. The van der Waals surface area contributed by atoms with Crippen LogP contribution in [-0.4, -0.2) is 9.97 Å². The van der Waals surface area contributed by atoms with Gasteiger partial charge in [0.15, 0.2) is 0 Å². The summed E-state index contributed by atoms with van der Waals surface area (Å²) in [6.07, 6.45) is 7.48. The van der Waals surface area contributed by atoms with Crippen LogP contribution in [0.15, 0.2) is 183 Å². The number of hydrogen-bond donors (Lipinski definition) is 0. The number of pyridine rings is 2. The number of benzene rings is 7. The standard InChI is InChI=1S/C46H30N2/c1-2-15-40(33-20-21-45-43-18-4-3-16-41(43)42-17-5-6-19-44(42)46(45)28-33)39(14-1)32-11-7-10-31(24-32)36-25-37(34-12-8-22-47-29-34)27-38(26-36)35-13-9-23-48-30-35/h1-30H. The van der Waals surface area contributed by atoms with Crippen molar-refractivity contribution >= 4 is 32.3 Å². The molecule has 0 spiro atoms. The van der Waals surface area contributed by atoms with Gasteiger partial charge in [0.2, 0.25) is 0 Å². The van der Waals surface area contributed by atoms with Crippen LogP contribution in [0.5, 0.6) is 0 Å². The van der Waals surface area contributed by atoms with Crippen molar-refractivity contribution in [2.24, 2.45) is 0 Å². The van der Waals surface area contributed by atoms with Crippen molar-refractivity contribution in [2.75, 3.05) is 0 Å². The van der Waals surface area contributed by atoms with Gasteiger partial charge in [-0.25, -0.2) is 0 Å². The summed E-state index contributed by atoms with van der Waals surface area (Å²) in [7, 11) is 0. The van der Waals surface area contributed by atoms with Gasteiger partial charge in [-0.2, -0.15) is 0 Å². The lowest BCUT2D eigenvalue weighted by atomic mass is 9.89. The van der Waals surface area contributed by atoms with Crippen molar-refractivity contribution in [3.63, 3.8) is 0 Å². The van der Waals surface area contributed by atoms with Crippen molar-refractivity contribution in [3.8, 4) is 55.6 Å². The maximum Gasteiger partial charge on any atom is 0.0346 e. The van der Waals surface area contributed by atoms with E-state index < -0.39 is 0 Å². The monoisotopic (exact) mass is 610 g/mol. The molecule has 0 aliphatic carbocycles. The van der Waals surface area contributed by atoms with E-state index in [-0.39, 0.29) is 0 Å². The van der Waals surface area contributed by atoms with Crippen molar-refractivity contribution in [3.05, 3.63) is 183 Å². The van der Waals surface area contributed by atoms with Crippen LogP contribution in [-0.2, 0) is 0 Å². The first-order valence-electron chi connectivity index (χ1n) is 16.3. The predicted octanol–water partition coefficient (Wildman–Crippen LogP) is 12.3. The molecule has 0 atom stereocenters. The summed E-state index contributed by atoms with van der Waals surface area (Å²) in [5, 5.41) is 7.72. The van der Waals surface area contributed by atoms with E-state index in [2.05, 4.69) is 156 Å². The molecule has 0 N–H and O–H groups in total. The molecular weight excluding hydrogens is 581 g/mol. The van der Waals surface area contributed by atoms with E-state index in [0.717, 1.165) is 33.4 Å². The van der Waals surface area contributed by atoms with E-state index >= 15 is 0 Å². The summed E-state index contributed by atoms with van der Waals surface area (Å²) >= 11 is 0. The lowest BCUT2D eigenvalue weighted by molar-refractivity contribution is 1.32. The lowest BCUT2D eigenvalue weighted by Crippen LogP contribution is -1.89. The minimum Gasteiger partial charge on any atom is -0.264 e. The van der Waals surface area contributed by atoms with Crippen LogP contribution in [0, 0.1) is 0 Å². The minimum absolute atomic E-state index is 1.09. The van der Waals surface area contributed by atoms with Gasteiger partial charge < -0.3 is 0 Å². The molecule has 2 nitrogen and oxygen atoms in total. The van der Waals surface area contributed by atoms with E-state index in [0.29, 0.717) is 0 Å². The van der Waals surface area contributed by atoms with E-state index in [4.69, 9.17) is 0 Å². The maximum atomic E-state index is 4.40. The Balaban J connectivity index is 1.19. The number of rotatable bonds is 5. The maximum absolute atomic E-state index is 4.40. The van der Waals surface area contributed by atoms with E-state index in [9.17, 15) is 0 Å². The van der Waals surface area contributed by atoms with Crippen molar-refractivity contribution in [2.45, 2.75) is 0 Å². The minimum atomic E-state index is 1.09. The zero-order valence-electron chi connectivity index (χ0n) is 26.2. The van der Waals surface area contributed by atoms with Crippen LogP contribution < -0.4 is 0 Å². The first-order chi connectivity index (χ1) is 23.8. The summed E-state index contributed by atoms with van der Waals surface area (Å²) in [4.78, 5) is 8.79. The Morgan fingerprint density at radius 1 is 0.250 bits per heavy atom. The molecule has 2 aromatic heterocycles. The molecule has 0 unspecified atom stereocenters. The summed E-state index contributed by atoms with van der Waals surface area (Å²) in [5.74, 6) is 0. The van der Waals surface area contributed by atoms with Crippen LogP contribution in [0.25, 0.3) is 88.0 Å². The molecule has 224 valence electrons. The van der Waals surface area contributed by atoms with Gasteiger partial charge in [-0.3, -0.25) is 9.97 Å². The molecule has 0 radical (unpaired) electrons. The third-order valence-electron chi connectivity index (χ3n) is 9.41. The molecule has 9 rings (SSSR count). The largest absolute Gasteiger partial charge is 0.264 e. The highest BCUT2D eigenvalue weighted by Gasteiger charge is 2.14. The van der Waals surface area contributed by atoms with Crippen LogP contribution in [0.4, 0.5) is 0 Å². The summed E-state index contributed by atoms with van der Waals surface area (Å²) in [5.41, 5.74) is 11.6. The van der Waals surface area contributed by atoms with Gasteiger partial charge in [-0.05, 0) is 119 Å². The normalized spacial score (nSPS) is 11.3. The molecule has 7 aromatic carbocycles. The smallest absolute Gasteiger partial charge is 0.0346 e. The SMILES string of the molecule is c1cncc(-c2cc(-c3cccnc3)cc(-c3cccc(-c4ccccc4-c4ccc5c6ccccc6c6ccccc6c5c4)c3)c2)c1. The highest BCUT2D eigenvalue weighted by molar-refractivity contribution is 6.25. The molecule has 0 aliphatic rings. The van der Waals surface area contributed by atoms with Gasteiger partial charge in [0.1, 0.15) is 0 Å². The van der Waals surface area contributed by atoms with Gasteiger partial charge in [0, 0.05) is 35.9 Å². The quantitative estimate of drug-likeness (QED) is 0.181. The Morgan fingerprint density at radius 2 is 0.667 bits per heavy atom. The van der Waals surface area contributed by atoms with Gasteiger partial charge in [-0.15, -0.1) is 0 Å². The Hall–Kier alpha value is -6.38. The molecule has 0 saturated carbocycles. The van der Waals surface area contributed by atoms with E-state index in [1.54, 1.807) is 0 Å². The zero-order valence-corrected chi connectivity index (χ0v) is 26.2. The Morgan fingerprint density at radius 3 is 1.21 bits per heavy atom. The number of hydrogen-bond acceptors (Lipinski definition) is 2. The fourth-order valence-corrected chi connectivity index (χ4v) is 7.12. The molecule has 48 heavy (non-hydrogen) atoms. The second-order valence-corrected chi connectivity index (χ2v) is 12.3. The second kappa shape index (κ2) is 11.8. The summed E-state index contributed by atoms with van der Waals surface area (Å²) in [6, 6.07) is 57.1. The van der Waals surface area contributed by atoms with Crippen molar-refractivity contribution < 1.29 is 0 Å². The first kappa shape index (κ1) is 27.9. The Labute approximate surface area is 279 Å². The Bertz CT molecular complexity index is 2510. The lowest BCUT2D eigenvalue weighted by Gasteiger charge is -2.15. The molecular formula is C46H30N2. The molecule has 0 saturated heterocycles. The molecule has 0 bridgehead atoms. The molecule has 0 fully saturated rings. The molecule has 2 heterocycles. The number of nitrogens with zero attached hydrogens (tertiary/aromatic N) is 2. The van der Waals surface area contributed by atoms with Gasteiger partial charge in [0.05, 0.1) is 0 Å². The highest BCUT2D eigenvalue weighted by atomic mass is 14.6. The average Bonchev–Trinajstić information content (AvgIpc) is 3.18. The van der Waals surface area contributed by atoms with Crippen LogP contribution in [0.1, 0.15) is 0 Å². The van der Waals surface area contributed by atoms with Crippen LogP contribution >= 0.6 is 0 Å². The van der Waals surface area contributed by atoms with Crippen molar-refractivity contribution in [1.82, 2.24) is 9.97 Å². The molecule has 9 aromatic rings. The number of fused-ring (bicyclic) bond motifs is 6. The van der Waals surface area contributed by atoms with Gasteiger partial charge >= 0.3 is 0 Å². The number of aromatic nitrogens is 2. The fraction of sp³-hybridized carbons (Fsp3) is 0. The zero-order chi connectivity index (χ0) is 31.9. The van der Waals surface area contributed by atoms with E-state index in [1.165, 1.54) is 54.6 Å². The topological polar surface area (TPSA) is 25.8 Å². The fourth-order valence-electron chi connectivity index (χ4n) is 7.12. The predicted molar refractivity (Wildman–Crippen MR) is 202 cm³/mol. The van der Waals surface area contributed by atoms with Crippen LogP contribution in [0.2, 0.25) is 0 Å². The third kappa shape index (κ3) is 4.92. The second-order valence-electron chi connectivity index (χ2n) is 12.3. The third-order valence-corrected chi connectivity index (χ3v) is 9.41. The first-order valence-corrected chi connectivity index (χ1v) is 16.3. The Kier molecular flexibility index (Phi) is 6.84. The molecule has 2 heteroatoms. The van der Waals surface area contributed by atoms with Crippen molar-refractivity contribution in [1.29, 1.82) is 0 Å². The van der Waals surface area contributed by atoms with E-state index in [1.807, 2.05) is 36.9 Å². The van der Waals surface area contributed by atoms with Gasteiger partial charge in [-0.1, -0.05) is 115 Å². The molecule has 0 aliphatic heterocycles. The highest BCUT2D eigenvalue weighted by Crippen LogP contribution is 2.40. The molecule has 0 amide bonds. The average molecular weight is 611 g/mol. The van der Waals surface area contributed by atoms with Crippen LogP contribution in [0.3, 0.4) is 0 Å².